The molecule has 0 heterocycles. The number of carboxylic acid groups (broad SMARTS) is 1. The van der Waals surface area contributed by atoms with Gasteiger partial charge in [0.25, 0.3) is 0 Å². The van der Waals surface area contributed by atoms with Gasteiger partial charge in [0.15, 0.2) is 0 Å². The predicted octanol–water partition coefficient (Wildman–Crippen LogP) is -0.817. The lowest BCUT2D eigenvalue weighted by atomic mass is 10.2. The zero-order chi connectivity index (χ0) is 10.3. The van der Waals surface area contributed by atoms with E-state index >= 15 is 0 Å². The molecule has 0 aromatic heterocycles. The van der Waals surface area contributed by atoms with E-state index in [1.54, 1.807) is 0 Å². The van der Waals surface area contributed by atoms with E-state index < -0.39 is 18.2 Å². The maximum Gasteiger partial charge on any atom is 0.306 e. The van der Waals surface area contributed by atoms with E-state index in [1.807, 2.05) is 6.92 Å². The second-order valence-electron chi connectivity index (χ2n) is 2.97. The zero-order valence-electron chi connectivity index (χ0n) is 7.73. The Labute approximate surface area is 77.4 Å². The molecule has 2 atom stereocenters. The number of hydrogen-bond donors (Lipinski definition) is 4. The lowest BCUT2D eigenvalue weighted by molar-refractivity contribution is -0.139. The Hall–Kier alpha value is -0.650. The summed E-state index contributed by atoms with van der Waals surface area (Å²) < 4.78 is 0. The summed E-state index contributed by atoms with van der Waals surface area (Å²) in [6, 6.07) is 0. The largest absolute Gasteiger partial charge is 0.481 e. The van der Waals surface area contributed by atoms with Crippen molar-refractivity contribution < 1.29 is 20.1 Å². The monoisotopic (exact) mass is 191 g/mol. The summed E-state index contributed by atoms with van der Waals surface area (Å²) in [5.74, 6) is -1.02. The maximum absolute atomic E-state index is 10.1. The van der Waals surface area contributed by atoms with Crippen molar-refractivity contribution in [2.75, 3.05) is 13.1 Å². The van der Waals surface area contributed by atoms with Crippen LogP contribution in [-0.2, 0) is 4.79 Å². The Bertz CT molecular complexity index is 151. The van der Waals surface area contributed by atoms with Crippen molar-refractivity contribution in [1.82, 2.24) is 5.32 Å². The second-order valence-corrected chi connectivity index (χ2v) is 2.97. The Morgan fingerprint density at radius 3 is 2.31 bits per heavy atom. The smallest absolute Gasteiger partial charge is 0.306 e. The standard InChI is InChI=1S/C8H17NO4/c1-2-6(10)4-9-5-7(11)3-8(12)13/h6-7,9-11H,2-5H2,1H3,(H,12,13). The SMILES string of the molecule is CCC(O)CNCC(O)CC(=O)O. The van der Waals surface area contributed by atoms with Crippen LogP contribution in [0, 0.1) is 0 Å². The van der Waals surface area contributed by atoms with Gasteiger partial charge in [0.2, 0.25) is 0 Å². The third-order valence-corrected chi connectivity index (χ3v) is 1.64. The van der Waals surface area contributed by atoms with Gasteiger partial charge in [-0.2, -0.15) is 0 Å². The summed E-state index contributed by atoms with van der Waals surface area (Å²) in [4.78, 5) is 10.1. The van der Waals surface area contributed by atoms with E-state index in [2.05, 4.69) is 5.32 Å². The molecule has 0 saturated carbocycles. The third-order valence-electron chi connectivity index (χ3n) is 1.64. The van der Waals surface area contributed by atoms with Crippen LogP contribution in [0.3, 0.4) is 0 Å². The van der Waals surface area contributed by atoms with Crippen molar-refractivity contribution in [2.45, 2.75) is 32.0 Å². The quantitative estimate of drug-likeness (QED) is 0.422. The molecule has 78 valence electrons. The normalized spacial score (nSPS) is 15.3. The van der Waals surface area contributed by atoms with Gasteiger partial charge in [-0.1, -0.05) is 6.92 Å². The number of rotatable bonds is 7. The fourth-order valence-corrected chi connectivity index (χ4v) is 0.835. The van der Waals surface area contributed by atoms with Gasteiger partial charge in [0, 0.05) is 13.1 Å². The van der Waals surface area contributed by atoms with Crippen molar-refractivity contribution >= 4 is 5.97 Å². The van der Waals surface area contributed by atoms with Crippen LogP contribution in [0.4, 0.5) is 0 Å². The summed E-state index contributed by atoms with van der Waals surface area (Å²) in [5.41, 5.74) is 0. The molecule has 5 heteroatoms. The Kier molecular flexibility index (Phi) is 6.48. The van der Waals surface area contributed by atoms with Crippen LogP contribution in [0.25, 0.3) is 0 Å². The van der Waals surface area contributed by atoms with Gasteiger partial charge in [-0.25, -0.2) is 0 Å². The first-order valence-corrected chi connectivity index (χ1v) is 4.34. The molecule has 0 aliphatic carbocycles. The lowest BCUT2D eigenvalue weighted by Crippen LogP contribution is -2.33. The molecule has 0 rings (SSSR count). The molecule has 4 N–H and O–H groups in total. The Morgan fingerprint density at radius 2 is 1.85 bits per heavy atom. The van der Waals surface area contributed by atoms with Crippen LogP contribution in [0.2, 0.25) is 0 Å². The van der Waals surface area contributed by atoms with Gasteiger partial charge in [-0.15, -0.1) is 0 Å². The predicted molar refractivity (Wildman–Crippen MR) is 47.4 cm³/mol. The van der Waals surface area contributed by atoms with Crippen molar-refractivity contribution in [3.63, 3.8) is 0 Å². The molecule has 0 aliphatic heterocycles. The molecule has 0 amide bonds. The number of aliphatic hydroxyl groups is 2. The molecule has 0 radical (unpaired) electrons. The van der Waals surface area contributed by atoms with Crippen LogP contribution in [0.5, 0.6) is 0 Å². The zero-order valence-corrected chi connectivity index (χ0v) is 7.73. The van der Waals surface area contributed by atoms with Gasteiger partial charge in [0.1, 0.15) is 0 Å². The molecule has 0 aromatic carbocycles. The van der Waals surface area contributed by atoms with Crippen LogP contribution < -0.4 is 5.32 Å². The number of nitrogens with one attached hydrogen (secondary N) is 1. The molecular formula is C8H17NO4. The summed E-state index contributed by atoms with van der Waals surface area (Å²) in [5, 5.41) is 29.3. The first-order valence-electron chi connectivity index (χ1n) is 4.34. The highest BCUT2D eigenvalue weighted by molar-refractivity contribution is 5.67. The molecule has 0 bridgehead atoms. The molecule has 13 heavy (non-hydrogen) atoms. The molecule has 2 unspecified atom stereocenters. The highest BCUT2D eigenvalue weighted by Gasteiger charge is 2.09. The maximum atomic E-state index is 10.1. The average Bonchev–Trinajstić information content (AvgIpc) is 2.02. The molecular weight excluding hydrogens is 174 g/mol. The van der Waals surface area contributed by atoms with Crippen molar-refractivity contribution in [2.24, 2.45) is 0 Å². The minimum atomic E-state index is -1.02. The van der Waals surface area contributed by atoms with Gasteiger partial charge < -0.3 is 20.6 Å². The first kappa shape index (κ1) is 12.3. The molecule has 5 nitrogen and oxygen atoms in total. The van der Waals surface area contributed by atoms with E-state index in [0.717, 1.165) is 0 Å². The van der Waals surface area contributed by atoms with E-state index in [0.29, 0.717) is 13.0 Å². The summed E-state index contributed by atoms with van der Waals surface area (Å²) in [7, 11) is 0. The third kappa shape index (κ3) is 7.70. The van der Waals surface area contributed by atoms with E-state index in [1.165, 1.54) is 0 Å². The van der Waals surface area contributed by atoms with Crippen LogP contribution in [0.15, 0.2) is 0 Å². The highest BCUT2D eigenvalue weighted by Crippen LogP contribution is 1.91. The summed E-state index contributed by atoms with van der Waals surface area (Å²) in [6.45, 7) is 2.43. The van der Waals surface area contributed by atoms with E-state index in [4.69, 9.17) is 15.3 Å². The number of aliphatic hydroxyl groups excluding tert-OH is 2. The summed E-state index contributed by atoms with van der Waals surface area (Å²) in [6.07, 6.45) is -0.948. The molecule has 0 aliphatic rings. The fourth-order valence-electron chi connectivity index (χ4n) is 0.835. The minimum Gasteiger partial charge on any atom is -0.481 e. The van der Waals surface area contributed by atoms with Crippen LogP contribution in [-0.4, -0.2) is 46.6 Å². The van der Waals surface area contributed by atoms with Gasteiger partial charge in [-0.05, 0) is 6.42 Å². The molecule has 0 saturated heterocycles. The van der Waals surface area contributed by atoms with Crippen molar-refractivity contribution in [3.05, 3.63) is 0 Å². The highest BCUT2D eigenvalue weighted by atomic mass is 16.4. The minimum absolute atomic E-state index is 0.198. The first-order chi connectivity index (χ1) is 6.06. The average molecular weight is 191 g/mol. The number of carboxylic acids is 1. The van der Waals surface area contributed by atoms with Crippen LogP contribution >= 0.6 is 0 Å². The summed E-state index contributed by atoms with van der Waals surface area (Å²) >= 11 is 0. The van der Waals surface area contributed by atoms with Crippen molar-refractivity contribution in [1.29, 1.82) is 0 Å². The Balaban J connectivity index is 3.36. The van der Waals surface area contributed by atoms with E-state index in [-0.39, 0.29) is 13.0 Å². The molecule has 0 fully saturated rings. The van der Waals surface area contributed by atoms with E-state index in [9.17, 15) is 4.79 Å². The fraction of sp³-hybridized carbons (Fsp3) is 0.875. The van der Waals surface area contributed by atoms with Gasteiger partial charge in [0.05, 0.1) is 18.6 Å². The Morgan fingerprint density at radius 1 is 1.31 bits per heavy atom. The number of hydrogen-bond acceptors (Lipinski definition) is 4. The molecule has 0 aromatic rings. The van der Waals surface area contributed by atoms with Crippen molar-refractivity contribution in [3.8, 4) is 0 Å². The lowest BCUT2D eigenvalue weighted by Gasteiger charge is -2.12. The van der Waals surface area contributed by atoms with Gasteiger partial charge >= 0.3 is 5.97 Å². The van der Waals surface area contributed by atoms with Gasteiger partial charge in [-0.3, -0.25) is 4.79 Å². The molecule has 0 spiro atoms. The second kappa shape index (κ2) is 6.82. The number of carbonyl (C=O) groups is 1. The topological polar surface area (TPSA) is 89.8 Å². The number of aliphatic carboxylic acids is 1. The van der Waals surface area contributed by atoms with Crippen LogP contribution in [0.1, 0.15) is 19.8 Å².